The predicted octanol–water partition coefficient (Wildman–Crippen LogP) is 2.42. The molecule has 26 heavy (non-hydrogen) atoms. The summed E-state index contributed by atoms with van der Waals surface area (Å²) in [5.74, 6) is 0.362. The molecule has 3 N–H and O–H groups in total. The first-order chi connectivity index (χ1) is 12.6. The van der Waals surface area contributed by atoms with Crippen molar-refractivity contribution in [2.45, 2.75) is 18.9 Å². The van der Waals surface area contributed by atoms with Gasteiger partial charge in [-0.1, -0.05) is 0 Å². The standard InChI is InChI=1S/C18H17N3O5/c1-25-15-6-10(5-14(22)17(15)24)12-7-16(23)20-18-13(12)8-19-21(18)9-11-3-2-4-26-11/h2-6,8,12,22,24H,7,9H2,1H3,(H,20,23)/t12-/m0/s1. The van der Waals surface area contributed by atoms with Crippen LogP contribution in [0.3, 0.4) is 0 Å². The van der Waals surface area contributed by atoms with E-state index in [9.17, 15) is 15.0 Å². The maximum absolute atomic E-state index is 12.2. The third kappa shape index (κ3) is 2.65. The molecule has 0 unspecified atom stereocenters. The summed E-state index contributed by atoms with van der Waals surface area (Å²) in [6.45, 7) is 0.388. The zero-order valence-corrected chi connectivity index (χ0v) is 14.0. The van der Waals surface area contributed by atoms with Crippen molar-refractivity contribution in [3.05, 3.63) is 53.6 Å². The highest BCUT2D eigenvalue weighted by Gasteiger charge is 2.31. The highest BCUT2D eigenvalue weighted by Crippen LogP contribution is 2.43. The van der Waals surface area contributed by atoms with Crippen LogP contribution in [0.4, 0.5) is 5.82 Å². The first-order valence-electron chi connectivity index (χ1n) is 8.04. The maximum atomic E-state index is 12.2. The van der Waals surface area contributed by atoms with E-state index in [2.05, 4.69) is 10.4 Å². The minimum atomic E-state index is -0.328. The molecule has 3 heterocycles. The molecule has 3 aromatic rings. The first-order valence-corrected chi connectivity index (χ1v) is 8.04. The summed E-state index contributed by atoms with van der Waals surface area (Å²) in [6, 6.07) is 6.68. The van der Waals surface area contributed by atoms with Crippen LogP contribution in [0.25, 0.3) is 0 Å². The Hall–Kier alpha value is -3.42. The highest BCUT2D eigenvalue weighted by molar-refractivity contribution is 5.94. The number of fused-ring (bicyclic) bond motifs is 1. The SMILES string of the molecule is COc1cc([C@@H]2CC(=O)Nc3c2cnn3Cc2ccco2)cc(O)c1O. The fourth-order valence-corrected chi connectivity index (χ4v) is 3.21. The number of ether oxygens (including phenoxy) is 1. The summed E-state index contributed by atoms with van der Waals surface area (Å²) in [7, 11) is 1.40. The number of furan rings is 1. The Morgan fingerprint density at radius 2 is 2.27 bits per heavy atom. The molecule has 1 aromatic carbocycles. The number of rotatable bonds is 4. The molecular formula is C18H17N3O5. The van der Waals surface area contributed by atoms with Gasteiger partial charge in [0.1, 0.15) is 18.1 Å². The number of methoxy groups -OCH3 is 1. The van der Waals surface area contributed by atoms with E-state index >= 15 is 0 Å². The lowest BCUT2D eigenvalue weighted by Crippen LogP contribution is -2.25. The number of phenols is 2. The van der Waals surface area contributed by atoms with Crippen LogP contribution in [0.5, 0.6) is 17.2 Å². The van der Waals surface area contributed by atoms with Gasteiger partial charge in [0.05, 0.1) is 19.6 Å². The summed E-state index contributed by atoms with van der Waals surface area (Å²) >= 11 is 0. The Kier molecular flexibility index (Phi) is 3.80. The minimum Gasteiger partial charge on any atom is -0.504 e. The van der Waals surface area contributed by atoms with Gasteiger partial charge in [-0.3, -0.25) is 4.79 Å². The number of aromatic hydroxyl groups is 2. The van der Waals surface area contributed by atoms with Crippen LogP contribution in [-0.2, 0) is 11.3 Å². The summed E-state index contributed by atoms with van der Waals surface area (Å²) in [4.78, 5) is 12.2. The monoisotopic (exact) mass is 355 g/mol. The highest BCUT2D eigenvalue weighted by atomic mass is 16.5. The largest absolute Gasteiger partial charge is 0.504 e. The molecule has 4 rings (SSSR count). The smallest absolute Gasteiger partial charge is 0.226 e. The third-order valence-electron chi connectivity index (χ3n) is 4.48. The number of phenolic OH excluding ortho intramolecular Hbond substituents is 2. The van der Waals surface area contributed by atoms with Crippen molar-refractivity contribution < 1.29 is 24.2 Å². The van der Waals surface area contributed by atoms with E-state index in [4.69, 9.17) is 9.15 Å². The fourth-order valence-electron chi connectivity index (χ4n) is 3.21. The van der Waals surface area contributed by atoms with E-state index in [1.807, 2.05) is 6.07 Å². The molecule has 1 atom stereocenters. The van der Waals surface area contributed by atoms with E-state index in [1.54, 1.807) is 29.3 Å². The van der Waals surface area contributed by atoms with Gasteiger partial charge in [0.15, 0.2) is 11.5 Å². The lowest BCUT2D eigenvalue weighted by atomic mass is 9.87. The van der Waals surface area contributed by atoms with Crippen LogP contribution in [0.15, 0.2) is 41.1 Å². The minimum absolute atomic E-state index is 0.149. The second-order valence-corrected chi connectivity index (χ2v) is 6.08. The normalized spacial score (nSPS) is 16.2. The molecule has 1 amide bonds. The van der Waals surface area contributed by atoms with E-state index in [-0.39, 0.29) is 35.5 Å². The van der Waals surface area contributed by atoms with Crippen LogP contribution < -0.4 is 10.1 Å². The number of anilines is 1. The second-order valence-electron chi connectivity index (χ2n) is 6.08. The molecule has 0 spiro atoms. The Balaban J connectivity index is 1.75. The number of carbonyl (C=O) groups excluding carboxylic acids is 1. The number of aromatic nitrogens is 2. The van der Waals surface area contributed by atoms with Gasteiger partial charge in [-0.2, -0.15) is 5.10 Å². The Bertz CT molecular complexity index is 962. The molecule has 134 valence electrons. The maximum Gasteiger partial charge on any atom is 0.226 e. The van der Waals surface area contributed by atoms with Crippen molar-refractivity contribution in [1.29, 1.82) is 0 Å². The first kappa shape index (κ1) is 16.1. The van der Waals surface area contributed by atoms with Gasteiger partial charge in [0.25, 0.3) is 0 Å². The molecule has 1 aliphatic rings. The third-order valence-corrected chi connectivity index (χ3v) is 4.48. The molecule has 8 nitrogen and oxygen atoms in total. The summed E-state index contributed by atoms with van der Waals surface area (Å²) in [6.07, 6.45) is 3.48. The summed E-state index contributed by atoms with van der Waals surface area (Å²) < 4.78 is 12.1. The van der Waals surface area contributed by atoms with Gasteiger partial charge in [-0.15, -0.1) is 0 Å². The zero-order chi connectivity index (χ0) is 18.3. The van der Waals surface area contributed by atoms with Crippen molar-refractivity contribution in [2.24, 2.45) is 0 Å². The van der Waals surface area contributed by atoms with Gasteiger partial charge in [-0.05, 0) is 29.8 Å². The zero-order valence-electron chi connectivity index (χ0n) is 14.0. The molecule has 8 heteroatoms. The van der Waals surface area contributed by atoms with Crippen LogP contribution in [0, 0.1) is 0 Å². The number of benzene rings is 1. The molecule has 1 aliphatic heterocycles. The van der Waals surface area contributed by atoms with Crippen molar-refractivity contribution in [2.75, 3.05) is 12.4 Å². The number of hydrogen-bond donors (Lipinski definition) is 3. The van der Waals surface area contributed by atoms with E-state index < -0.39 is 0 Å². The topological polar surface area (TPSA) is 110 Å². The molecule has 0 fully saturated rings. The van der Waals surface area contributed by atoms with E-state index in [1.165, 1.54) is 13.2 Å². The average molecular weight is 355 g/mol. The number of carbonyl (C=O) groups is 1. The summed E-state index contributed by atoms with van der Waals surface area (Å²) in [5.41, 5.74) is 1.48. The van der Waals surface area contributed by atoms with Crippen molar-refractivity contribution >= 4 is 11.7 Å². The van der Waals surface area contributed by atoms with Gasteiger partial charge in [-0.25, -0.2) is 4.68 Å². The number of hydrogen-bond acceptors (Lipinski definition) is 6. The number of amides is 1. The number of nitrogens with one attached hydrogen (secondary N) is 1. The molecule has 2 aromatic heterocycles. The van der Waals surface area contributed by atoms with Crippen molar-refractivity contribution in [3.8, 4) is 17.2 Å². The van der Waals surface area contributed by atoms with Crippen molar-refractivity contribution in [3.63, 3.8) is 0 Å². The van der Waals surface area contributed by atoms with Crippen LogP contribution in [0.1, 0.15) is 29.2 Å². The van der Waals surface area contributed by atoms with Gasteiger partial charge >= 0.3 is 0 Å². The Morgan fingerprint density at radius 3 is 3.00 bits per heavy atom. The fraction of sp³-hybridized carbons (Fsp3) is 0.222. The Morgan fingerprint density at radius 1 is 1.42 bits per heavy atom. The lowest BCUT2D eigenvalue weighted by molar-refractivity contribution is -0.116. The van der Waals surface area contributed by atoms with Crippen LogP contribution in [-0.4, -0.2) is 33.0 Å². The predicted molar refractivity (Wildman–Crippen MR) is 91.5 cm³/mol. The Labute approximate surface area is 148 Å². The molecule has 0 radical (unpaired) electrons. The molecule has 0 aliphatic carbocycles. The molecular weight excluding hydrogens is 338 g/mol. The van der Waals surface area contributed by atoms with Gasteiger partial charge in [0, 0.05) is 17.9 Å². The second kappa shape index (κ2) is 6.14. The molecule has 0 saturated carbocycles. The summed E-state index contributed by atoms with van der Waals surface area (Å²) in [5, 5.41) is 27.0. The van der Waals surface area contributed by atoms with Crippen LogP contribution >= 0.6 is 0 Å². The molecule has 0 saturated heterocycles. The molecule has 0 bridgehead atoms. The van der Waals surface area contributed by atoms with Crippen LogP contribution in [0.2, 0.25) is 0 Å². The van der Waals surface area contributed by atoms with Gasteiger partial charge < -0.3 is 24.7 Å². The van der Waals surface area contributed by atoms with E-state index in [0.29, 0.717) is 17.9 Å². The van der Waals surface area contributed by atoms with E-state index in [0.717, 1.165) is 11.3 Å². The quantitative estimate of drug-likeness (QED) is 0.620. The average Bonchev–Trinajstić information content (AvgIpc) is 3.27. The lowest BCUT2D eigenvalue weighted by Gasteiger charge is -2.24. The van der Waals surface area contributed by atoms with Crippen molar-refractivity contribution in [1.82, 2.24) is 9.78 Å². The number of nitrogens with zero attached hydrogens (tertiary/aromatic N) is 2. The van der Waals surface area contributed by atoms with Gasteiger partial charge in [0.2, 0.25) is 11.7 Å².